The maximum atomic E-state index is 5.98. The van der Waals surface area contributed by atoms with Crippen molar-refractivity contribution >= 4 is 22.6 Å². The second kappa shape index (κ2) is 17.2. The average molecular weight is 621 g/mol. The number of unbranched alkanes of at least 4 members (excludes halogenated alkanes) is 3. The van der Waals surface area contributed by atoms with Crippen LogP contribution in [0.15, 0.2) is 164 Å². The minimum absolute atomic E-state index is 0.248. The standard InChI is InChI=1S/C28H32N2OSi.C13H13B/c1-2-3-4-11-22-31-26-16-18-27(19-17-26)32-28(30-21-20-29-23-30,24-12-7-5-8-13-24)25-14-9-6-10-15-25;14-13(11-7-3-1-4-8-11)12-9-5-2-6-10-12/h5-10,12-21,23H,2-4,11,22,32H2,1H3;1-10,13H,14H2. The molecule has 0 bridgehead atoms. The monoisotopic (exact) mass is 620 g/mol. The van der Waals surface area contributed by atoms with Gasteiger partial charge in [0.1, 0.15) is 13.6 Å². The minimum atomic E-state index is -0.849. The van der Waals surface area contributed by atoms with Gasteiger partial charge in [0.2, 0.25) is 0 Å². The highest BCUT2D eigenvalue weighted by Gasteiger charge is 2.36. The van der Waals surface area contributed by atoms with E-state index in [1.807, 2.05) is 12.5 Å². The zero-order valence-electron chi connectivity index (χ0n) is 27.2. The lowest BCUT2D eigenvalue weighted by Gasteiger charge is -2.37. The Balaban J connectivity index is 0.000000247. The number of aromatic nitrogens is 2. The molecule has 0 aliphatic heterocycles. The van der Waals surface area contributed by atoms with E-state index >= 15 is 0 Å². The predicted molar refractivity (Wildman–Crippen MR) is 199 cm³/mol. The Morgan fingerprint density at radius 1 is 0.674 bits per heavy atom. The summed E-state index contributed by atoms with van der Waals surface area (Å²) in [6.07, 6.45) is 10.8. The fourth-order valence-electron chi connectivity index (χ4n) is 6.07. The summed E-state index contributed by atoms with van der Waals surface area (Å²) < 4.78 is 8.27. The summed E-state index contributed by atoms with van der Waals surface area (Å²) >= 11 is 0. The van der Waals surface area contributed by atoms with Gasteiger partial charge in [-0.15, -0.1) is 0 Å². The summed E-state index contributed by atoms with van der Waals surface area (Å²) in [6, 6.07) is 51.7. The Morgan fingerprint density at radius 2 is 1.20 bits per heavy atom. The number of benzene rings is 5. The molecule has 0 fully saturated rings. The van der Waals surface area contributed by atoms with Gasteiger partial charge in [0.05, 0.1) is 27.6 Å². The first-order valence-electron chi connectivity index (χ1n) is 16.6. The quantitative estimate of drug-likeness (QED) is 0.0988. The van der Waals surface area contributed by atoms with Crippen LogP contribution in [0.1, 0.15) is 60.7 Å². The van der Waals surface area contributed by atoms with Crippen LogP contribution in [0.3, 0.4) is 0 Å². The summed E-state index contributed by atoms with van der Waals surface area (Å²) in [4.78, 5) is 4.41. The lowest BCUT2D eigenvalue weighted by Crippen LogP contribution is -2.46. The predicted octanol–water partition coefficient (Wildman–Crippen LogP) is 7.50. The van der Waals surface area contributed by atoms with Crippen LogP contribution in [0.4, 0.5) is 0 Å². The molecule has 0 spiro atoms. The van der Waals surface area contributed by atoms with Crippen molar-refractivity contribution in [3.63, 3.8) is 0 Å². The van der Waals surface area contributed by atoms with Crippen molar-refractivity contribution in [2.24, 2.45) is 0 Å². The van der Waals surface area contributed by atoms with E-state index in [2.05, 4.69) is 176 Å². The number of imidazole rings is 1. The first kappa shape index (κ1) is 32.8. The minimum Gasteiger partial charge on any atom is -0.494 e. The first-order chi connectivity index (χ1) is 22.7. The molecule has 1 aromatic heterocycles. The van der Waals surface area contributed by atoms with Gasteiger partial charge in [0.15, 0.2) is 0 Å². The third kappa shape index (κ3) is 8.55. The molecule has 6 aromatic rings. The Morgan fingerprint density at radius 3 is 1.67 bits per heavy atom. The molecule has 3 nitrogen and oxygen atoms in total. The van der Waals surface area contributed by atoms with Crippen LogP contribution in [0, 0.1) is 0 Å². The van der Waals surface area contributed by atoms with E-state index in [-0.39, 0.29) is 5.16 Å². The fourth-order valence-corrected chi connectivity index (χ4v) is 8.38. The Kier molecular flexibility index (Phi) is 12.2. The van der Waals surface area contributed by atoms with E-state index in [0.29, 0.717) is 5.82 Å². The molecular weight excluding hydrogens is 575 g/mol. The molecule has 232 valence electrons. The molecule has 0 saturated carbocycles. The molecule has 0 amide bonds. The van der Waals surface area contributed by atoms with Crippen LogP contribution < -0.4 is 9.92 Å². The second-order valence-electron chi connectivity index (χ2n) is 11.8. The third-order valence-electron chi connectivity index (χ3n) is 8.70. The van der Waals surface area contributed by atoms with Gasteiger partial charge < -0.3 is 9.30 Å². The molecule has 46 heavy (non-hydrogen) atoms. The van der Waals surface area contributed by atoms with Crippen molar-refractivity contribution in [2.75, 3.05) is 6.61 Å². The van der Waals surface area contributed by atoms with E-state index in [1.54, 1.807) is 0 Å². The topological polar surface area (TPSA) is 27.1 Å². The number of nitrogens with zero attached hydrogens (tertiary/aromatic N) is 2. The largest absolute Gasteiger partial charge is 0.494 e. The van der Waals surface area contributed by atoms with Gasteiger partial charge in [-0.25, -0.2) is 4.98 Å². The molecule has 6 rings (SSSR count). The summed E-state index contributed by atoms with van der Waals surface area (Å²) in [7, 11) is 1.39. The maximum Gasteiger partial charge on any atom is 0.119 e. The molecule has 5 aromatic carbocycles. The van der Waals surface area contributed by atoms with Gasteiger partial charge in [-0.3, -0.25) is 0 Å². The van der Waals surface area contributed by atoms with Crippen LogP contribution >= 0.6 is 0 Å². The maximum absolute atomic E-state index is 5.98. The lowest BCUT2D eigenvalue weighted by atomic mass is 9.76. The van der Waals surface area contributed by atoms with Crippen LogP contribution in [0.25, 0.3) is 0 Å². The highest BCUT2D eigenvalue weighted by atomic mass is 28.2. The van der Waals surface area contributed by atoms with Gasteiger partial charge in [0.25, 0.3) is 0 Å². The van der Waals surface area contributed by atoms with Crippen molar-refractivity contribution in [1.29, 1.82) is 0 Å². The smallest absolute Gasteiger partial charge is 0.119 e. The van der Waals surface area contributed by atoms with Gasteiger partial charge in [-0.1, -0.05) is 165 Å². The van der Waals surface area contributed by atoms with Crippen LogP contribution in [-0.2, 0) is 5.16 Å². The van der Waals surface area contributed by atoms with Crippen molar-refractivity contribution in [2.45, 2.75) is 43.6 Å². The van der Waals surface area contributed by atoms with Gasteiger partial charge in [-0.2, -0.15) is 0 Å². The molecule has 0 radical (unpaired) electrons. The number of hydrogen-bond acceptors (Lipinski definition) is 2. The van der Waals surface area contributed by atoms with Crippen molar-refractivity contribution < 1.29 is 4.74 Å². The molecule has 0 aliphatic carbocycles. The Labute approximate surface area is 278 Å². The van der Waals surface area contributed by atoms with E-state index < -0.39 is 9.52 Å². The van der Waals surface area contributed by atoms with Crippen LogP contribution in [-0.4, -0.2) is 33.5 Å². The summed E-state index contributed by atoms with van der Waals surface area (Å²) in [5.74, 6) is 1.45. The summed E-state index contributed by atoms with van der Waals surface area (Å²) in [5, 5.41) is 1.14. The molecule has 0 atom stereocenters. The molecular formula is C41H45BN2OSi. The molecule has 0 N–H and O–H groups in total. The number of rotatable bonds is 13. The molecule has 1 heterocycles. The Bertz CT molecular complexity index is 1580. The van der Waals surface area contributed by atoms with Gasteiger partial charge in [-0.05, 0) is 46.6 Å². The summed E-state index contributed by atoms with van der Waals surface area (Å²) in [6.45, 7) is 3.03. The van der Waals surface area contributed by atoms with Crippen molar-refractivity contribution in [1.82, 2.24) is 9.55 Å². The normalized spacial score (nSPS) is 11.3. The average Bonchev–Trinajstić information content (AvgIpc) is 3.68. The van der Waals surface area contributed by atoms with Crippen molar-refractivity contribution in [3.05, 3.63) is 187 Å². The first-order valence-corrected chi connectivity index (χ1v) is 18.0. The van der Waals surface area contributed by atoms with Crippen molar-refractivity contribution in [3.8, 4) is 5.75 Å². The van der Waals surface area contributed by atoms with E-state index in [0.717, 1.165) is 18.8 Å². The van der Waals surface area contributed by atoms with E-state index in [9.17, 15) is 0 Å². The third-order valence-corrected chi connectivity index (χ3v) is 11.3. The molecule has 0 saturated heterocycles. The molecule has 0 aliphatic rings. The second-order valence-corrected chi connectivity index (χ2v) is 14.0. The SMILES string of the molecule is BC(c1ccccc1)c1ccccc1.CCCCCCOc1ccc([SiH2]C(c2ccccc2)(c2ccccc2)n2ccnc2)cc1. The molecule has 0 unspecified atom stereocenters. The number of ether oxygens (including phenoxy) is 1. The zero-order chi connectivity index (χ0) is 31.9. The number of hydrogen-bond donors (Lipinski definition) is 0. The molecule has 5 heteroatoms. The highest BCUT2D eigenvalue weighted by molar-refractivity contribution is 6.57. The highest BCUT2D eigenvalue weighted by Crippen LogP contribution is 2.33. The van der Waals surface area contributed by atoms with Crippen LogP contribution in [0.5, 0.6) is 5.75 Å². The Hall–Kier alpha value is -4.61. The van der Waals surface area contributed by atoms with E-state index in [4.69, 9.17) is 4.74 Å². The van der Waals surface area contributed by atoms with Gasteiger partial charge >= 0.3 is 0 Å². The summed E-state index contributed by atoms with van der Waals surface area (Å²) in [5.41, 5.74) is 5.34. The fraction of sp³-hybridized carbons (Fsp3) is 0.195. The van der Waals surface area contributed by atoms with Gasteiger partial charge in [0, 0.05) is 12.4 Å². The lowest BCUT2D eigenvalue weighted by molar-refractivity contribution is 0.305. The van der Waals surface area contributed by atoms with Crippen LogP contribution in [0.2, 0.25) is 0 Å². The zero-order valence-corrected chi connectivity index (χ0v) is 28.6. The van der Waals surface area contributed by atoms with E-state index in [1.165, 1.54) is 46.7 Å².